The summed E-state index contributed by atoms with van der Waals surface area (Å²) in [6.07, 6.45) is 2.21. The van der Waals surface area contributed by atoms with E-state index in [0.717, 1.165) is 0 Å². The Morgan fingerprint density at radius 2 is 2.08 bits per heavy atom. The quantitative estimate of drug-likeness (QED) is 0.625. The highest BCUT2D eigenvalue weighted by molar-refractivity contribution is 6.36. The SMILES string of the molecule is COc1cccc(NC(=O)CCc2ncc(-c3ccc(Cl)cc3Cl)o2)c1. The van der Waals surface area contributed by atoms with Gasteiger partial charge >= 0.3 is 0 Å². The van der Waals surface area contributed by atoms with Gasteiger partial charge in [-0.05, 0) is 30.3 Å². The molecule has 0 aliphatic rings. The van der Waals surface area contributed by atoms with E-state index < -0.39 is 0 Å². The standard InChI is InChI=1S/C19H16Cl2N2O3/c1-25-14-4-2-3-13(10-14)23-18(24)7-8-19-22-11-17(26-19)15-6-5-12(20)9-16(15)21/h2-6,9-11H,7-8H2,1H3,(H,23,24). The van der Waals surface area contributed by atoms with Crippen molar-refractivity contribution >= 4 is 34.8 Å². The van der Waals surface area contributed by atoms with Crippen LogP contribution in [0.5, 0.6) is 5.75 Å². The molecule has 0 radical (unpaired) electrons. The van der Waals surface area contributed by atoms with Crippen LogP contribution in [0.2, 0.25) is 10.0 Å². The number of methoxy groups -OCH3 is 1. The van der Waals surface area contributed by atoms with Crippen molar-refractivity contribution < 1.29 is 13.9 Å². The van der Waals surface area contributed by atoms with Gasteiger partial charge in [-0.25, -0.2) is 4.98 Å². The summed E-state index contributed by atoms with van der Waals surface area (Å²) in [5.74, 6) is 1.55. The van der Waals surface area contributed by atoms with Gasteiger partial charge in [-0.3, -0.25) is 4.79 Å². The predicted octanol–water partition coefficient (Wildman–Crippen LogP) is 5.23. The number of nitrogens with one attached hydrogen (secondary N) is 1. The normalized spacial score (nSPS) is 10.6. The Bertz CT molecular complexity index is 925. The fraction of sp³-hybridized carbons (Fsp3) is 0.158. The Balaban J connectivity index is 1.60. The summed E-state index contributed by atoms with van der Waals surface area (Å²) in [5.41, 5.74) is 1.38. The third-order valence-corrected chi connectivity index (χ3v) is 4.22. The van der Waals surface area contributed by atoms with Gasteiger partial charge in [0.1, 0.15) is 5.75 Å². The van der Waals surface area contributed by atoms with Gasteiger partial charge in [0.2, 0.25) is 5.91 Å². The van der Waals surface area contributed by atoms with Gasteiger partial charge in [-0.2, -0.15) is 0 Å². The average molecular weight is 391 g/mol. The number of oxazole rings is 1. The number of ether oxygens (including phenoxy) is 1. The third kappa shape index (κ3) is 4.56. The Kier molecular flexibility index (Phi) is 5.81. The highest BCUT2D eigenvalue weighted by atomic mass is 35.5. The maximum Gasteiger partial charge on any atom is 0.224 e. The molecule has 0 aliphatic carbocycles. The molecule has 5 nitrogen and oxygen atoms in total. The summed E-state index contributed by atoms with van der Waals surface area (Å²) < 4.78 is 10.8. The molecular formula is C19H16Cl2N2O3. The second kappa shape index (κ2) is 8.25. The van der Waals surface area contributed by atoms with Crippen molar-refractivity contribution in [3.05, 3.63) is 64.6 Å². The van der Waals surface area contributed by atoms with Crippen LogP contribution in [0.3, 0.4) is 0 Å². The van der Waals surface area contributed by atoms with Gasteiger partial charge < -0.3 is 14.5 Å². The molecule has 0 unspecified atom stereocenters. The molecule has 1 heterocycles. The Labute approximate surface area is 160 Å². The summed E-state index contributed by atoms with van der Waals surface area (Å²) in [5, 5.41) is 3.85. The lowest BCUT2D eigenvalue weighted by molar-refractivity contribution is -0.116. The second-order valence-electron chi connectivity index (χ2n) is 5.52. The number of carbonyl (C=O) groups excluding carboxylic acids is 1. The molecule has 7 heteroatoms. The lowest BCUT2D eigenvalue weighted by atomic mass is 10.2. The maximum atomic E-state index is 12.1. The van der Waals surface area contributed by atoms with Gasteiger partial charge in [-0.15, -0.1) is 0 Å². The van der Waals surface area contributed by atoms with Gasteiger partial charge in [0.15, 0.2) is 11.7 Å². The molecule has 3 aromatic rings. The van der Waals surface area contributed by atoms with Crippen LogP contribution >= 0.6 is 23.2 Å². The number of benzene rings is 2. The minimum atomic E-state index is -0.137. The van der Waals surface area contributed by atoms with Crippen molar-refractivity contribution in [2.24, 2.45) is 0 Å². The number of hydrogen-bond acceptors (Lipinski definition) is 4. The average Bonchev–Trinajstić information content (AvgIpc) is 3.09. The molecule has 0 bridgehead atoms. The van der Waals surface area contributed by atoms with E-state index in [9.17, 15) is 4.79 Å². The van der Waals surface area contributed by atoms with E-state index in [-0.39, 0.29) is 12.3 Å². The van der Waals surface area contributed by atoms with Crippen LogP contribution in [0, 0.1) is 0 Å². The fourth-order valence-electron chi connectivity index (χ4n) is 2.38. The first-order valence-electron chi connectivity index (χ1n) is 7.89. The molecule has 0 fully saturated rings. The van der Waals surface area contributed by atoms with E-state index in [1.807, 2.05) is 12.1 Å². The Morgan fingerprint density at radius 1 is 1.23 bits per heavy atom. The van der Waals surface area contributed by atoms with E-state index in [4.69, 9.17) is 32.4 Å². The van der Waals surface area contributed by atoms with Gasteiger partial charge in [0, 0.05) is 35.2 Å². The second-order valence-corrected chi connectivity index (χ2v) is 6.37. The zero-order valence-electron chi connectivity index (χ0n) is 14.0. The molecule has 1 amide bonds. The van der Waals surface area contributed by atoms with Crippen LogP contribution in [0.1, 0.15) is 12.3 Å². The predicted molar refractivity (Wildman–Crippen MR) is 102 cm³/mol. The topological polar surface area (TPSA) is 64.4 Å². The molecule has 0 saturated carbocycles. The van der Waals surface area contributed by atoms with Crippen molar-refractivity contribution in [3.63, 3.8) is 0 Å². The first kappa shape index (κ1) is 18.3. The summed E-state index contributed by atoms with van der Waals surface area (Å²) >= 11 is 12.1. The number of aromatic nitrogens is 1. The van der Waals surface area contributed by atoms with Crippen LogP contribution in [-0.4, -0.2) is 18.0 Å². The third-order valence-electron chi connectivity index (χ3n) is 3.67. The summed E-state index contributed by atoms with van der Waals surface area (Å²) in [6.45, 7) is 0. The highest BCUT2D eigenvalue weighted by Gasteiger charge is 2.12. The highest BCUT2D eigenvalue weighted by Crippen LogP contribution is 2.30. The lowest BCUT2D eigenvalue weighted by Crippen LogP contribution is -2.12. The number of rotatable bonds is 6. The van der Waals surface area contributed by atoms with Crippen LogP contribution in [0.4, 0.5) is 5.69 Å². The van der Waals surface area contributed by atoms with Crippen molar-refractivity contribution in [1.82, 2.24) is 4.98 Å². The van der Waals surface area contributed by atoms with Crippen molar-refractivity contribution in [2.45, 2.75) is 12.8 Å². The van der Waals surface area contributed by atoms with Gasteiger partial charge in [-0.1, -0.05) is 29.3 Å². The molecule has 0 saturated heterocycles. The molecule has 1 N–H and O–H groups in total. The molecular weight excluding hydrogens is 375 g/mol. The summed E-state index contributed by atoms with van der Waals surface area (Å²) in [6, 6.07) is 12.3. The number of aryl methyl sites for hydroxylation is 1. The van der Waals surface area contributed by atoms with E-state index >= 15 is 0 Å². The van der Waals surface area contributed by atoms with E-state index in [1.165, 1.54) is 0 Å². The maximum absolute atomic E-state index is 12.1. The zero-order valence-corrected chi connectivity index (χ0v) is 15.5. The Morgan fingerprint density at radius 3 is 2.85 bits per heavy atom. The minimum absolute atomic E-state index is 0.137. The van der Waals surface area contributed by atoms with Gasteiger partial charge in [0.05, 0.1) is 18.3 Å². The summed E-state index contributed by atoms with van der Waals surface area (Å²) in [7, 11) is 1.58. The van der Waals surface area contributed by atoms with E-state index in [1.54, 1.807) is 43.6 Å². The lowest BCUT2D eigenvalue weighted by Gasteiger charge is -2.06. The van der Waals surface area contributed by atoms with Crippen molar-refractivity contribution in [3.8, 4) is 17.1 Å². The van der Waals surface area contributed by atoms with E-state index in [0.29, 0.717) is 45.1 Å². The first-order valence-corrected chi connectivity index (χ1v) is 8.65. The molecule has 0 spiro atoms. The largest absolute Gasteiger partial charge is 0.497 e. The van der Waals surface area contributed by atoms with Crippen LogP contribution < -0.4 is 10.1 Å². The van der Waals surface area contributed by atoms with E-state index in [2.05, 4.69) is 10.3 Å². The van der Waals surface area contributed by atoms with Crippen LogP contribution in [-0.2, 0) is 11.2 Å². The number of anilines is 1. The number of nitrogens with zero attached hydrogens (tertiary/aromatic N) is 1. The number of halogens is 2. The number of hydrogen-bond donors (Lipinski definition) is 1. The molecule has 1 aromatic heterocycles. The molecule has 26 heavy (non-hydrogen) atoms. The Hall–Kier alpha value is -2.50. The smallest absolute Gasteiger partial charge is 0.224 e. The van der Waals surface area contributed by atoms with Crippen LogP contribution in [0.15, 0.2) is 53.1 Å². The molecule has 3 rings (SSSR count). The fourth-order valence-corrected chi connectivity index (χ4v) is 2.89. The summed E-state index contributed by atoms with van der Waals surface area (Å²) in [4.78, 5) is 16.3. The number of carbonyl (C=O) groups is 1. The number of amides is 1. The van der Waals surface area contributed by atoms with Crippen molar-refractivity contribution in [2.75, 3.05) is 12.4 Å². The molecule has 0 atom stereocenters. The van der Waals surface area contributed by atoms with Gasteiger partial charge in [0.25, 0.3) is 0 Å². The minimum Gasteiger partial charge on any atom is -0.497 e. The monoisotopic (exact) mass is 390 g/mol. The first-order chi connectivity index (χ1) is 12.5. The molecule has 0 aliphatic heterocycles. The zero-order chi connectivity index (χ0) is 18.5. The van der Waals surface area contributed by atoms with Crippen LogP contribution in [0.25, 0.3) is 11.3 Å². The molecule has 2 aromatic carbocycles. The van der Waals surface area contributed by atoms with Crippen molar-refractivity contribution in [1.29, 1.82) is 0 Å². The molecule has 134 valence electrons.